The van der Waals surface area contributed by atoms with Crippen molar-refractivity contribution in [3.63, 3.8) is 0 Å². The summed E-state index contributed by atoms with van der Waals surface area (Å²) < 4.78 is 42.5. The highest BCUT2D eigenvalue weighted by molar-refractivity contribution is 5.79. The van der Waals surface area contributed by atoms with E-state index >= 15 is 0 Å². The largest absolute Gasteiger partial charge is 0.493 e. The molecule has 1 rings (SSSR count). The molecule has 5 nitrogen and oxygen atoms in total. The molecule has 0 aromatic heterocycles. The van der Waals surface area contributed by atoms with Crippen LogP contribution >= 0.6 is 0 Å². The molecule has 0 spiro atoms. The van der Waals surface area contributed by atoms with E-state index in [1.54, 1.807) is 6.92 Å². The van der Waals surface area contributed by atoms with Gasteiger partial charge in [-0.15, -0.1) is 0 Å². The summed E-state index contributed by atoms with van der Waals surface area (Å²) in [5.41, 5.74) is 5.57. The summed E-state index contributed by atoms with van der Waals surface area (Å²) >= 11 is 0. The van der Waals surface area contributed by atoms with Gasteiger partial charge in [0.1, 0.15) is 6.04 Å². The van der Waals surface area contributed by atoms with Crippen LogP contribution in [0.1, 0.15) is 25.5 Å². The second-order valence-electron chi connectivity index (χ2n) is 4.16. The highest BCUT2D eigenvalue weighted by atomic mass is 19.3. The zero-order valence-corrected chi connectivity index (χ0v) is 12.2. The molecule has 0 aliphatic carbocycles. The van der Waals surface area contributed by atoms with Crippen LogP contribution in [0.25, 0.3) is 0 Å². The maximum atomic E-state index is 13.9. The van der Waals surface area contributed by atoms with Crippen molar-refractivity contribution < 1.29 is 27.8 Å². The van der Waals surface area contributed by atoms with Crippen LogP contribution in [0, 0.1) is 0 Å². The molecular formula is C14H19F2NO4. The Kier molecular flexibility index (Phi) is 5.90. The van der Waals surface area contributed by atoms with Crippen molar-refractivity contribution >= 4 is 5.97 Å². The Hall–Kier alpha value is -1.89. The second-order valence-corrected chi connectivity index (χ2v) is 4.16. The van der Waals surface area contributed by atoms with Gasteiger partial charge in [0, 0.05) is 0 Å². The van der Waals surface area contributed by atoms with E-state index in [-0.39, 0.29) is 17.9 Å². The number of esters is 1. The average molecular weight is 303 g/mol. The number of methoxy groups -OCH3 is 1. The minimum absolute atomic E-state index is 0.0531. The van der Waals surface area contributed by atoms with Gasteiger partial charge in [-0.05, 0) is 31.5 Å². The minimum Gasteiger partial charge on any atom is -0.493 e. The van der Waals surface area contributed by atoms with Gasteiger partial charge in [0.15, 0.2) is 11.5 Å². The third-order valence-electron chi connectivity index (χ3n) is 2.78. The minimum atomic E-state index is -3.83. The topological polar surface area (TPSA) is 70.8 Å². The van der Waals surface area contributed by atoms with Crippen LogP contribution in [0.3, 0.4) is 0 Å². The van der Waals surface area contributed by atoms with Crippen LogP contribution < -0.4 is 15.2 Å². The van der Waals surface area contributed by atoms with Crippen molar-refractivity contribution in [2.75, 3.05) is 20.3 Å². The van der Waals surface area contributed by atoms with Gasteiger partial charge < -0.3 is 19.9 Å². The number of halogens is 2. The predicted octanol–water partition coefficient (Wildman–Crippen LogP) is 2.29. The van der Waals surface area contributed by atoms with E-state index in [0.29, 0.717) is 12.4 Å². The van der Waals surface area contributed by atoms with Crippen molar-refractivity contribution in [2.24, 2.45) is 5.73 Å². The number of alkyl halides is 2. The molecule has 2 N–H and O–H groups in total. The Morgan fingerprint density at radius 3 is 2.48 bits per heavy atom. The Labute approximate surface area is 122 Å². The van der Waals surface area contributed by atoms with E-state index in [1.807, 2.05) is 0 Å². The van der Waals surface area contributed by atoms with Crippen molar-refractivity contribution in [1.29, 1.82) is 0 Å². The number of benzene rings is 1. The lowest BCUT2D eigenvalue weighted by Crippen LogP contribution is -2.41. The number of carbonyl (C=O) groups is 1. The van der Waals surface area contributed by atoms with Crippen LogP contribution in [0.15, 0.2) is 18.2 Å². The molecule has 1 aromatic rings. The van der Waals surface area contributed by atoms with E-state index in [1.165, 1.54) is 32.2 Å². The molecule has 1 atom stereocenters. The van der Waals surface area contributed by atoms with Gasteiger partial charge in [0.2, 0.25) is 0 Å². The van der Waals surface area contributed by atoms with Crippen molar-refractivity contribution in [2.45, 2.75) is 25.8 Å². The van der Waals surface area contributed by atoms with Crippen LogP contribution in [0.4, 0.5) is 8.78 Å². The Balaban J connectivity index is 3.09. The molecule has 1 aromatic carbocycles. The van der Waals surface area contributed by atoms with E-state index in [4.69, 9.17) is 15.2 Å². The molecule has 0 radical (unpaired) electrons. The molecule has 0 saturated heterocycles. The number of ether oxygens (including phenoxy) is 3. The standard InChI is InChI=1S/C14H19F2NO4/c1-4-20-11-8-9(6-7-10(11)19-3)12(17)14(15,16)13(18)21-5-2/h6-8,12H,4-5,17H2,1-3H3/t12-/m0/s1. The van der Waals surface area contributed by atoms with Gasteiger partial charge in [0.05, 0.1) is 20.3 Å². The summed E-state index contributed by atoms with van der Waals surface area (Å²) in [5, 5.41) is 0. The fourth-order valence-corrected chi connectivity index (χ4v) is 1.72. The van der Waals surface area contributed by atoms with Crippen LogP contribution in [0.5, 0.6) is 11.5 Å². The normalized spacial score (nSPS) is 12.7. The van der Waals surface area contributed by atoms with E-state index in [0.717, 1.165) is 0 Å². The van der Waals surface area contributed by atoms with E-state index in [2.05, 4.69) is 4.74 Å². The molecule has 7 heteroatoms. The van der Waals surface area contributed by atoms with Crippen LogP contribution in [-0.2, 0) is 9.53 Å². The van der Waals surface area contributed by atoms with Crippen molar-refractivity contribution in [3.05, 3.63) is 23.8 Å². The highest BCUT2D eigenvalue weighted by Crippen LogP contribution is 2.35. The molecular weight excluding hydrogens is 284 g/mol. The monoisotopic (exact) mass is 303 g/mol. The fraction of sp³-hybridized carbons (Fsp3) is 0.500. The van der Waals surface area contributed by atoms with E-state index in [9.17, 15) is 13.6 Å². The third kappa shape index (κ3) is 3.81. The molecule has 0 fully saturated rings. The van der Waals surface area contributed by atoms with Crippen molar-refractivity contribution in [1.82, 2.24) is 0 Å². The predicted molar refractivity (Wildman–Crippen MR) is 72.7 cm³/mol. The number of carbonyl (C=O) groups excluding carboxylic acids is 1. The lowest BCUT2D eigenvalue weighted by molar-refractivity contribution is -0.174. The summed E-state index contributed by atoms with van der Waals surface area (Å²) in [5.74, 6) is -4.79. The number of hydrogen-bond donors (Lipinski definition) is 1. The molecule has 0 amide bonds. The summed E-state index contributed by atoms with van der Waals surface area (Å²) in [6.45, 7) is 3.39. The summed E-state index contributed by atoms with van der Waals surface area (Å²) in [6, 6.07) is 2.32. The first kappa shape index (κ1) is 17.2. The Morgan fingerprint density at radius 1 is 1.29 bits per heavy atom. The van der Waals surface area contributed by atoms with Crippen LogP contribution in [-0.4, -0.2) is 32.2 Å². The Morgan fingerprint density at radius 2 is 1.95 bits per heavy atom. The van der Waals surface area contributed by atoms with Gasteiger partial charge in [-0.25, -0.2) is 4.79 Å². The lowest BCUT2D eigenvalue weighted by Gasteiger charge is -2.22. The molecule has 0 unspecified atom stereocenters. The maximum Gasteiger partial charge on any atom is 0.379 e. The smallest absolute Gasteiger partial charge is 0.379 e. The van der Waals surface area contributed by atoms with Crippen molar-refractivity contribution in [3.8, 4) is 11.5 Å². The molecule has 0 aliphatic heterocycles. The number of nitrogens with two attached hydrogens (primary N) is 1. The summed E-state index contributed by atoms with van der Waals surface area (Å²) in [6.07, 6.45) is 0. The van der Waals surface area contributed by atoms with Gasteiger partial charge in [0.25, 0.3) is 0 Å². The van der Waals surface area contributed by atoms with Gasteiger partial charge in [-0.1, -0.05) is 6.07 Å². The molecule has 0 heterocycles. The van der Waals surface area contributed by atoms with E-state index < -0.39 is 17.9 Å². The first-order valence-electron chi connectivity index (χ1n) is 6.49. The SMILES string of the molecule is CCOC(=O)C(F)(F)[C@@H](N)c1ccc(OC)c(OCC)c1. The first-order valence-corrected chi connectivity index (χ1v) is 6.49. The molecule has 0 saturated carbocycles. The quantitative estimate of drug-likeness (QED) is 0.783. The molecule has 0 bridgehead atoms. The third-order valence-corrected chi connectivity index (χ3v) is 2.78. The molecule has 21 heavy (non-hydrogen) atoms. The molecule has 118 valence electrons. The van der Waals surface area contributed by atoms with Gasteiger partial charge in [-0.3, -0.25) is 0 Å². The highest BCUT2D eigenvalue weighted by Gasteiger charge is 2.47. The zero-order chi connectivity index (χ0) is 16.0. The average Bonchev–Trinajstić information content (AvgIpc) is 2.47. The summed E-state index contributed by atoms with van der Waals surface area (Å²) in [7, 11) is 1.44. The zero-order valence-electron chi connectivity index (χ0n) is 12.2. The molecule has 0 aliphatic rings. The lowest BCUT2D eigenvalue weighted by atomic mass is 10.0. The van der Waals surface area contributed by atoms with Crippen LogP contribution in [0.2, 0.25) is 0 Å². The Bertz CT molecular complexity index is 494. The first-order chi connectivity index (χ1) is 9.88. The number of rotatable bonds is 7. The summed E-state index contributed by atoms with van der Waals surface area (Å²) in [4.78, 5) is 11.3. The number of hydrogen-bond acceptors (Lipinski definition) is 5. The van der Waals surface area contributed by atoms with Gasteiger partial charge in [-0.2, -0.15) is 8.78 Å². The fourth-order valence-electron chi connectivity index (χ4n) is 1.72. The maximum absolute atomic E-state index is 13.9. The van der Waals surface area contributed by atoms with Gasteiger partial charge >= 0.3 is 11.9 Å². The second kappa shape index (κ2) is 7.21.